The van der Waals surface area contributed by atoms with Gasteiger partial charge in [-0.05, 0) is 12.8 Å². The minimum Gasteiger partial charge on any atom is -0.550 e. The number of carboxylic acid groups (broad SMARTS) is 1. The van der Waals surface area contributed by atoms with Crippen molar-refractivity contribution in [3.05, 3.63) is 0 Å². The molecule has 0 saturated heterocycles. The first-order chi connectivity index (χ1) is 4.77. The minimum atomic E-state index is -0.920. The van der Waals surface area contributed by atoms with Crippen LogP contribution in [0, 0.1) is 0 Å². The van der Waals surface area contributed by atoms with Gasteiger partial charge in [0.2, 0.25) is 0 Å². The van der Waals surface area contributed by atoms with E-state index >= 15 is 0 Å². The van der Waals surface area contributed by atoms with Gasteiger partial charge in [-0.2, -0.15) is 0 Å². The smallest absolute Gasteiger partial charge is 0.550 e. The predicted molar refractivity (Wildman–Crippen MR) is 38.4 cm³/mol. The molecule has 0 atom stereocenters. The predicted octanol–water partition coefficient (Wildman–Crippen LogP) is -1.90. The van der Waals surface area contributed by atoms with Crippen molar-refractivity contribution in [2.75, 3.05) is 0 Å². The molecule has 2 nitrogen and oxygen atoms in total. The van der Waals surface area contributed by atoms with Gasteiger partial charge in [-0.3, -0.25) is 0 Å². The van der Waals surface area contributed by atoms with E-state index < -0.39 is 5.97 Å². The maximum atomic E-state index is 9.92. The Morgan fingerprint density at radius 3 is 2.18 bits per heavy atom. The summed E-state index contributed by atoms with van der Waals surface area (Å²) in [5, 5.41) is 9.92. The number of rotatable bonds is 6. The zero-order valence-corrected chi connectivity index (χ0v) is 7.56. The van der Waals surface area contributed by atoms with Crippen molar-refractivity contribution in [3.8, 4) is 0 Å². The number of unbranched alkanes of at least 4 members (excludes halogenated alkanes) is 4. The molecule has 60 valence electrons. The van der Waals surface area contributed by atoms with Crippen LogP contribution in [0.25, 0.3) is 0 Å². The summed E-state index contributed by atoms with van der Waals surface area (Å²) in [5.41, 5.74) is 0. The molecule has 0 rings (SSSR count). The van der Waals surface area contributed by atoms with Crippen LogP contribution >= 0.6 is 0 Å². The van der Waals surface area contributed by atoms with Gasteiger partial charge in [0.05, 0.1) is 0 Å². The van der Waals surface area contributed by atoms with Crippen LogP contribution in [-0.2, 0) is 4.79 Å². The van der Waals surface area contributed by atoms with Gasteiger partial charge in [0.25, 0.3) is 0 Å². The first-order valence-corrected chi connectivity index (χ1v) is 3.97. The van der Waals surface area contributed by atoms with Crippen LogP contribution in [0.1, 0.15) is 45.4 Å². The molecule has 0 fully saturated rings. The Balaban J connectivity index is 0. The van der Waals surface area contributed by atoms with E-state index in [0.29, 0.717) is 0 Å². The van der Waals surface area contributed by atoms with Crippen molar-refractivity contribution < 1.29 is 28.8 Å². The molecule has 0 aliphatic rings. The van der Waals surface area contributed by atoms with E-state index in [1.54, 1.807) is 0 Å². The second kappa shape index (κ2) is 10.1. The summed E-state index contributed by atoms with van der Waals surface area (Å²) in [6.07, 6.45) is 5.61. The van der Waals surface area contributed by atoms with Gasteiger partial charge in [0.1, 0.15) is 0 Å². The van der Waals surface area contributed by atoms with E-state index in [-0.39, 0.29) is 25.3 Å². The molecule has 0 aliphatic carbocycles. The summed E-state index contributed by atoms with van der Waals surface area (Å²) in [5.74, 6) is -0.920. The molecule has 0 heterocycles. The third-order valence-electron chi connectivity index (χ3n) is 1.48. The summed E-state index contributed by atoms with van der Waals surface area (Å²) < 4.78 is 0. The molecule has 11 heavy (non-hydrogen) atoms. The summed E-state index contributed by atoms with van der Waals surface area (Å²) in [7, 11) is 0. The second-order valence-corrected chi connectivity index (χ2v) is 2.54. The molecule has 3 heteroatoms. The summed E-state index contributed by atoms with van der Waals surface area (Å²) >= 11 is 0. The maximum absolute atomic E-state index is 9.92. The average molecular weight is 150 g/mol. The van der Waals surface area contributed by atoms with Crippen molar-refractivity contribution in [1.82, 2.24) is 0 Å². The van der Waals surface area contributed by atoms with Crippen molar-refractivity contribution in [1.29, 1.82) is 0 Å². The first-order valence-electron chi connectivity index (χ1n) is 3.97. The molecule has 0 amide bonds. The van der Waals surface area contributed by atoms with Crippen LogP contribution in [-0.4, -0.2) is 5.97 Å². The van der Waals surface area contributed by atoms with Gasteiger partial charge < -0.3 is 9.90 Å². The Hall–Kier alpha value is 0.0674. The van der Waals surface area contributed by atoms with E-state index in [2.05, 4.69) is 6.92 Å². The number of carbonyl (C=O) groups is 1. The van der Waals surface area contributed by atoms with Crippen LogP contribution < -0.4 is 24.0 Å². The van der Waals surface area contributed by atoms with Gasteiger partial charge in [-0.25, -0.2) is 0 Å². The van der Waals surface area contributed by atoms with E-state index in [1.807, 2.05) is 0 Å². The Morgan fingerprint density at radius 1 is 1.18 bits per heavy atom. The molecule has 0 aromatic heterocycles. The van der Waals surface area contributed by atoms with Gasteiger partial charge in [0.15, 0.2) is 0 Å². The molecular weight excluding hydrogens is 135 g/mol. The zero-order chi connectivity index (χ0) is 7.82. The van der Waals surface area contributed by atoms with E-state index in [9.17, 15) is 9.90 Å². The van der Waals surface area contributed by atoms with Crippen molar-refractivity contribution in [2.24, 2.45) is 0 Å². The largest absolute Gasteiger partial charge is 1.00 e. The quantitative estimate of drug-likeness (QED) is 0.328. The molecule has 0 bridgehead atoms. The maximum Gasteiger partial charge on any atom is 1.00 e. The standard InChI is InChI=1S/C8H16O2.Li/c1-2-3-4-5-6-7-8(9)10;/h2-7H2,1H3,(H,9,10);/q;+1/p-1. The van der Waals surface area contributed by atoms with Crippen LogP contribution in [0.4, 0.5) is 0 Å². The average Bonchev–Trinajstić information content (AvgIpc) is 1.87. The van der Waals surface area contributed by atoms with Crippen molar-refractivity contribution in [2.45, 2.75) is 45.4 Å². The fourth-order valence-corrected chi connectivity index (χ4v) is 0.873. The molecule has 0 radical (unpaired) electrons. The van der Waals surface area contributed by atoms with Gasteiger partial charge >= 0.3 is 18.9 Å². The Bertz CT molecular complexity index is 94.1. The monoisotopic (exact) mass is 150 g/mol. The first kappa shape index (κ1) is 13.6. The van der Waals surface area contributed by atoms with Crippen molar-refractivity contribution >= 4 is 5.97 Å². The number of carbonyl (C=O) groups excluding carboxylic acids is 1. The molecule has 0 N–H and O–H groups in total. The van der Waals surface area contributed by atoms with E-state index in [0.717, 1.165) is 19.3 Å². The summed E-state index contributed by atoms with van der Waals surface area (Å²) in [6, 6.07) is 0. The Labute approximate surface area is 80.5 Å². The van der Waals surface area contributed by atoms with Gasteiger partial charge in [-0.1, -0.05) is 32.6 Å². The van der Waals surface area contributed by atoms with Crippen molar-refractivity contribution in [3.63, 3.8) is 0 Å². The Kier molecular flexibility index (Phi) is 12.5. The van der Waals surface area contributed by atoms with E-state index in [1.165, 1.54) is 12.8 Å². The molecule has 0 spiro atoms. The van der Waals surface area contributed by atoms with Gasteiger partial charge in [-0.15, -0.1) is 0 Å². The van der Waals surface area contributed by atoms with Gasteiger partial charge in [0, 0.05) is 5.97 Å². The minimum absolute atomic E-state index is 0. The van der Waals surface area contributed by atoms with Crippen LogP contribution in [0.2, 0.25) is 0 Å². The molecule has 0 aliphatic heterocycles. The van der Waals surface area contributed by atoms with Crippen LogP contribution in [0.5, 0.6) is 0 Å². The third-order valence-corrected chi connectivity index (χ3v) is 1.48. The molecular formula is C8H15LiO2. The SMILES string of the molecule is CCCCCCCC(=O)[O-].[Li+]. The van der Waals surface area contributed by atoms with E-state index in [4.69, 9.17) is 0 Å². The van der Waals surface area contributed by atoms with Crippen LogP contribution in [0.3, 0.4) is 0 Å². The number of carboxylic acids is 1. The zero-order valence-electron chi connectivity index (χ0n) is 7.56. The normalized spacial score (nSPS) is 8.82. The summed E-state index contributed by atoms with van der Waals surface area (Å²) in [4.78, 5) is 9.92. The number of hydrogen-bond acceptors (Lipinski definition) is 2. The summed E-state index contributed by atoms with van der Waals surface area (Å²) in [6.45, 7) is 2.14. The number of hydrogen-bond donors (Lipinski definition) is 0. The fraction of sp³-hybridized carbons (Fsp3) is 0.875. The second-order valence-electron chi connectivity index (χ2n) is 2.54. The number of aliphatic carboxylic acids is 1. The molecule has 0 aromatic rings. The fourth-order valence-electron chi connectivity index (χ4n) is 0.873. The molecule has 0 aromatic carbocycles. The Morgan fingerprint density at radius 2 is 1.73 bits per heavy atom. The third kappa shape index (κ3) is 13.1. The van der Waals surface area contributed by atoms with Crippen LogP contribution in [0.15, 0.2) is 0 Å². The topological polar surface area (TPSA) is 40.1 Å². The molecule has 0 unspecified atom stereocenters. The molecule has 0 saturated carbocycles.